The molecule has 0 spiro atoms. The molecule has 0 heterocycles. The van der Waals surface area contributed by atoms with Crippen molar-refractivity contribution >= 4 is 5.84 Å². The first-order valence-electron chi connectivity index (χ1n) is 7.29. The van der Waals surface area contributed by atoms with Crippen molar-refractivity contribution < 1.29 is 14.7 Å². The third-order valence-electron chi connectivity index (χ3n) is 3.91. The Hall–Kier alpha value is -1.66. The van der Waals surface area contributed by atoms with E-state index in [2.05, 4.69) is 10.5 Å². The Morgan fingerprint density at radius 3 is 2.81 bits per heavy atom. The van der Waals surface area contributed by atoms with Crippen molar-refractivity contribution in [2.75, 3.05) is 0 Å². The number of nitrogens with one attached hydrogen (secondary N) is 1. The first kappa shape index (κ1) is 15.7. The van der Waals surface area contributed by atoms with Crippen LogP contribution >= 0.6 is 0 Å². The smallest absolute Gasteiger partial charge is 0.170 e. The van der Waals surface area contributed by atoms with Crippen LogP contribution in [0.3, 0.4) is 0 Å². The van der Waals surface area contributed by atoms with Gasteiger partial charge >= 0.3 is 0 Å². The maximum absolute atomic E-state index is 13.6. The standard InChI is InChI=1S/C15H22FN3O2/c16-12-7-10(6-11(8-12)15(17)19-21)9-18-13-4-2-1-3-5-14(13)20/h6-8,13-14,18,20-21H,1-5,9H2,(H2,17,19). The fourth-order valence-corrected chi connectivity index (χ4v) is 2.73. The summed E-state index contributed by atoms with van der Waals surface area (Å²) in [5.74, 6) is -0.553. The maximum Gasteiger partial charge on any atom is 0.170 e. The number of amidine groups is 1. The van der Waals surface area contributed by atoms with Gasteiger partial charge in [-0.1, -0.05) is 24.4 Å². The van der Waals surface area contributed by atoms with E-state index >= 15 is 0 Å². The maximum atomic E-state index is 13.6. The van der Waals surface area contributed by atoms with Crippen molar-refractivity contribution in [3.63, 3.8) is 0 Å². The van der Waals surface area contributed by atoms with Gasteiger partial charge in [0.2, 0.25) is 0 Å². The molecule has 1 aromatic carbocycles. The Morgan fingerprint density at radius 1 is 1.29 bits per heavy atom. The number of hydrogen-bond donors (Lipinski definition) is 4. The van der Waals surface area contributed by atoms with Crippen LogP contribution in [0.1, 0.15) is 43.2 Å². The average molecular weight is 295 g/mol. The fourth-order valence-electron chi connectivity index (χ4n) is 2.73. The molecule has 1 saturated carbocycles. The van der Waals surface area contributed by atoms with Crippen LogP contribution in [0, 0.1) is 5.82 Å². The van der Waals surface area contributed by atoms with Crippen LogP contribution in [0.4, 0.5) is 4.39 Å². The average Bonchev–Trinajstić information content (AvgIpc) is 2.68. The van der Waals surface area contributed by atoms with Crippen LogP contribution in [0.25, 0.3) is 0 Å². The summed E-state index contributed by atoms with van der Waals surface area (Å²) in [5, 5.41) is 24.9. The summed E-state index contributed by atoms with van der Waals surface area (Å²) in [6, 6.07) is 4.33. The Balaban J connectivity index is 2.03. The number of aliphatic hydroxyl groups excluding tert-OH is 1. The van der Waals surface area contributed by atoms with Crippen molar-refractivity contribution in [2.24, 2.45) is 10.9 Å². The van der Waals surface area contributed by atoms with Crippen LogP contribution in [-0.4, -0.2) is 28.3 Å². The lowest BCUT2D eigenvalue weighted by Crippen LogP contribution is -2.38. The van der Waals surface area contributed by atoms with Crippen molar-refractivity contribution in [1.82, 2.24) is 5.32 Å². The van der Waals surface area contributed by atoms with Gasteiger partial charge < -0.3 is 21.4 Å². The predicted octanol–water partition coefficient (Wildman–Crippen LogP) is 1.70. The monoisotopic (exact) mass is 295 g/mol. The summed E-state index contributed by atoms with van der Waals surface area (Å²) >= 11 is 0. The first-order valence-corrected chi connectivity index (χ1v) is 7.29. The molecule has 21 heavy (non-hydrogen) atoms. The number of nitrogens with two attached hydrogens (primary N) is 1. The highest BCUT2D eigenvalue weighted by Gasteiger charge is 2.20. The molecule has 0 aliphatic heterocycles. The summed E-state index contributed by atoms with van der Waals surface area (Å²) in [6.45, 7) is 0.436. The molecule has 6 heteroatoms. The Labute approximate surface area is 123 Å². The van der Waals surface area contributed by atoms with Crippen molar-refractivity contribution in [1.29, 1.82) is 0 Å². The van der Waals surface area contributed by atoms with Crippen LogP contribution in [0.2, 0.25) is 0 Å². The molecule has 1 aromatic rings. The molecule has 0 amide bonds. The zero-order chi connectivity index (χ0) is 15.2. The SMILES string of the molecule is N/C(=N/O)c1cc(F)cc(CNC2CCCCCC2O)c1. The summed E-state index contributed by atoms with van der Waals surface area (Å²) < 4.78 is 13.6. The van der Waals surface area contributed by atoms with E-state index < -0.39 is 5.82 Å². The zero-order valence-corrected chi connectivity index (χ0v) is 11.9. The number of rotatable bonds is 4. The van der Waals surface area contributed by atoms with Gasteiger partial charge in [0, 0.05) is 18.2 Å². The quantitative estimate of drug-likeness (QED) is 0.224. The molecule has 5 nitrogen and oxygen atoms in total. The van der Waals surface area contributed by atoms with E-state index in [0.717, 1.165) is 32.1 Å². The highest BCUT2D eigenvalue weighted by Crippen LogP contribution is 2.19. The van der Waals surface area contributed by atoms with Crippen LogP contribution in [0.5, 0.6) is 0 Å². The Bertz CT molecular complexity index is 508. The van der Waals surface area contributed by atoms with E-state index in [1.54, 1.807) is 6.07 Å². The van der Waals surface area contributed by atoms with Crippen LogP contribution in [0.15, 0.2) is 23.4 Å². The van der Waals surface area contributed by atoms with Gasteiger partial charge in [0.15, 0.2) is 5.84 Å². The molecule has 0 bridgehead atoms. The predicted molar refractivity (Wildman–Crippen MR) is 78.6 cm³/mol. The van der Waals surface area contributed by atoms with E-state index in [9.17, 15) is 9.50 Å². The van der Waals surface area contributed by atoms with Gasteiger partial charge in [0.25, 0.3) is 0 Å². The summed E-state index contributed by atoms with van der Waals surface area (Å²) in [6.07, 6.45) is 4.65. The summed E-state index contributed by atoms with van der Waals surface area (Å²) in [5.41, 5.74) is 6.53. The van der Waals surface area contributed by atoms with Gasteiger partial charge in [0.1, 0.15) is 5.82 Å². The van der Waals surface area contributed by atoms with Crippen molar-refractivity contribution in [3.05, 3.63) is 35.1 Å². The van der Waals surface area contributed by atoms with Crippen molar-refractivity contribution in [3.8, 4) is 0 Å². The summed E-state index contributed by atoms with van der Waals surface area (Å²) in [7, 11) is 0. The second-order valence-electron chi connectivity index (χ2n) is 5.53. The van der Waals surface area contributed by atoms with Gasteiger partial charge in [-0.05, 0) is 36.6 Å². The minimum Gasteiger partial charge on any atom is -0.409 e. The number of halogens is 1. The number of nitrogens with zero attached hydrogens (tertiary/aromatic N) is 1. The molecule has 2 unspecified atom stereocenters. The number of benzene rings is 1. The Morgan fingerprint density at radius 2 is 2.05 bits per heavy atom. The van der Waals surface area contributed by atoms with Gasteiger partial charge in [-0.25, -0.2) is 4.39 Å². The van der Waals surface area contributed by atoms with Crippen LogP contribution < -0.4 is 11.1 Å². The molecular formula is C15H22FN3O2. The third-order valence-corrected chi connectivity index (χ3v) is 3.91. The largest absolute Gasteiger partial charge is 0.409 e. The second-order valence-corrected chi connectivity index (χ2v) is 5.53. The van der Waals surface area contributed by atoms with E-state index in [0.29, 0.717) is 17.7 Å². The Kier molecular flexibility index (Phi) is 5.52. The number of oxime groups is 1. The van der Waals surface area contributed by atoms with Crippen LogP contribution in [-0.2, 0) is 6.54 Å². The molecule has 0 saturated heterocycles. The number of aliphatic hydroxyl groups is 1. The zero-order valence-electron chi connectivity index (χ0n) is 11.9. The third kappa shape index (κ3) is 4.41. The second kappa shape index (κ2) is 7.38. The fraction of sp³-hybridized carbons (Fsp3) is 0.533. The molecule has 2 atom stereocenters. The summed E-state index contributed by atoms with van der Waals surface area (Å²) in [4.78, 5) is 0. The lowest BCUT2D eigenvalue weighted by atomic mass is 10.0. The molecule has 5 N–H and O–H groups in total. The highest BCUT2D eigenvalue weighted by molar-refractivity contribution is 5.97. The molecule has 1 fully saturated rings. The molecule has 116 valence electrons. The van der Waals surface area contributed by atoms with Gasteiger partial charge in [-0.15, -0.1) is 0 Å². The topological polar surface area (TPSA) is 90.9 Å². The molecule has 0 radical (unpaired) electrons. The van der Waals surface area contributed by atoms with E-state index in [4.69, 9.17) is 10.9 Å². The van der Waals surface area contributed by atoms with E-state index in [1.165, 1.54) is 12.1 Å². The molecular weight excluding hydrogens is 273 g/mol. The van der Waals surface area contributed by atoms with Gasteiger partial charge in [-0.3, -0.25) is 0 Å². The normalized spacial score (nSPS) is 23.8. The lowest BCUT2D eigenvalue weighted by Gasteiger charge is -2.22. The lowest BCUT2D eigenvalue weighted by molar-refractivity contribution is 0.119. The van der Waals surface area contributed by atoms with Gasteiger partial charge in [-0.2, -0.15) is 0 Å². The molecule has 1 aliphatic rings. The van der Waals surface area contributed by atoms with E-state index in [1.807, 2.05) is 0 Å². The van der Waals surface area contributed by atoms with Gasteiger partial charge in [0.05, 0.1) is 6.10 Å². The number of hydrogen-bond acceptors (Lipinski definition) is 4. The molecule has 0 aromatic heterocycles. The van der Waals surface area contributed by atoms with E-state index in [-0.39, 0.29) is 18.0 Å². The molecule has 1 aliphatic carbocycles. The van der Waals surface area contributed by atoms with Crippen molar-refractivity contribution in [2.45, 2.75) is 50.8 Å². The molecule has 2 rings (SSSR count). The first-order chi connectivity index (χ1) is 10.1. The minimum absolute atomic E-state index is 0.0306. The minimum atomic E-state index is -0.433. The highest BCUT2D eigenvalue weighted by atomic mass is 19.1.